The molecule has 3 rings (SSSR count). The van der Waals surface area contributed by atoms with Crippen LogP contribution in [0.1, 0.15) is 35.0 Å². The number of rotatable bonds is 4. The number of carbonyl (C=O) groups is 3. The number of urea groups is 1. The van der Waals surface area contributed by atoms with Gasteiger partial charge in [-0.25, -0.2) is 9.59 Å². The van der Waals surface area contributed by atoms with Gasteiger partial charge in [-0.3, -0.25) is 15.1 Å². The van der Waals surface area contributed by atoms with Crippen molar-refractivity contribution < 1.29 is 19.1 Å². The second kappa shape index (κ2) is 7.29. The van der Waals surface area contributed by atoms with E-state index < -0.39 is 24.5 Å². The van der Waals surface area contributed by atoms with Crippen molar-refractivity contribution in [2.45, 2.75) is 26.2 Å². The zero-order valence-electron chi connectivity index (χ0n) is 13.9. The van der Waals surface area contributed by atoms with Gasteiger partial charge in [0, 0.05) is 17.6 Å². The largest absolute Gasteiger partial charge is 0.452 e. The van der Waals surface area contributed by atoms with Crippen LogP contribution in [0, 0.1) is 0 Å². The molecule has 0 aliphatic heterocycles. The van der Waals surface area contributed by atoms with Crippen LogP contribution in [-0.4, -0.2) is 36.0 Å². The maximum Gasteiger partial charge on any atom is 0.339 e. The molecule has 0 saturated carbocycles. The molecule has 1 aliphatic carbocycles. The molecule has 3 amide bonds. The van der Waals surface area contributed by atoms with E-state index in [0.717, 1.165) is 41.4 Å². The van der Waals surface area contributed by atoms with Gasteiger partial charge in [-0.2, -0.15) is 0 Å². The van der Waals surface area contributed by atoms with Crippen LogP contribution in [0.5, 0.6) is 0 Å². The summed E-state index contributed by atoms with van der Waals surface area (Å²) in [5, 5.41) is 5.25. The minimum Gasteiger partial charge on any atom is -0.452 e. The second-order valence-corrected chi connectivity index (χ2v) is 5.77. The third-order valence-corrected chi connectivity index (χ3v) is 4.05. The summed E-state index contributed by atoms with van der Waals surface area (Å²) in [6.45, 7) is 1.62. The van der Waals surface area contributed by atoms with E-state index in [4.69, 9.17) is 4.74 Å². The molecule has 1 aromatic carbocycles. The molecule has 0 radical (unpaired) electrons. The lowest BCUT2D eigenvalue weighted by Gasteiger charge is -2.12. The lowest BCUT2D eigenvalue weighted by atomic mass is 10.0. The van der Waals surface area contributed by atoms with Gasteiger partial charge in [0.15, 0.2) is 6.61 Å². The number of aromatic nitrogens is 1. The highest BCUT2D eigenvalue weighted by atomic mass is 16.5. The Labute approximate surface area is 144 Å². The zero-order valence-corrected chi connectivity index (χ0v) is 13.9. The number of esters is 1. The van der Waals surface area contributed by atoms with Crippen molar-refractivity contribution in [2.75, 3.05) is 13.2 Å². The number of nitrogens with one attached hydrogen (secondary N) is 2. The average molecular weight is 341 g/mol. The van der Waals surface area contributed by atoms with Crippen LogP contribution in [0.25, 0.3) is 10.9 Å². The number of aryl methyl sites for hydroxylation is 1. The lowest BCUT2D eigenvalue weighted by molar-refractivity contribution is -0.123. The SMILES string of the molecule is CCNC(=O)NC(=O)COC(=O)c1c2c(nc3ccccc13)CCC2. The molecule has 130 valence electrons. The highest BCUT2D eigenvalue weighted by Crippen LogP contribution is 2.30. The quantitative estimate of drug-likeness (QED) is 0.826. The molecule has 0 atom stereocenters. The number of hydrogen-bond donors (Lipinski definition) is 2. The summed E-state index contributed by atoms with van der Waals surface area (Å²) in [7, 11) is 0. The van der Waals surface area contributed by atoms with E-state index in [1.807, 2.05) is 24.3 Å². The van der Waals surface area contributed by atoms with Crippen LogP contribution in [0.15, 0.2) is 24.3 Å². The van der Waals surface area contributed by atoms with E-state index >= 15 is 0 Å². The Balaban J connectivity index is 1.79. The fourth-order valence-corrected chi connectivity index (χ4v) is 3.01. The smallest absolute Gasteiger partial charge is 0.339 e. The molecular formula is C18H19N3O4. The summed E-state index contributed by atoms with van der Waals surface area (Å²) in [4.78, 5) is 40.2. The Bertz CT molecular complexity index is 848. The minimum absolute atomic E-state index is 0.397. The van der Waals surface area contributed by atoms with Gasteiger partial charge in [-0.05, 0) is 37.8 Å². The van der Waals surface area contributed by atoms with Crippen molar-refractivity contribution in [1.82, 2.24) is 15.6 Å². The lowest BCUT2D eigenvalue weighted by Crippen LogP contribution is -2.41. The van der Waals surface area contributed by atoms with Crippen molar-refractivity contribution in [3.05, 3.63) is 41.1 Å². The summed E-state index contributed by atoms with van der Waals surface area (Å²) in [6, 6.07) is 6.77. The minimum atomic E-state index is -0.672. The standard InChI is InChI=1S/C18H19N3O4/c1-2-19-18(24)21-15(22)10-25-17(23)16-11-6-3-4-8-13(11)20-14-9-5-7-12(14)16/h3-4,6,8H,2,5,7,9-10H2,1H3,(H2,19,21,22,24). The van der Waals surface area contributed by atoms with Crippen molar-refractivity contribution in [2.24, 2.45) is 0 Å². The Kier molecular flexibility index (Phi) is 4.92. The Morgan fingerprint density at radius 1 is 1.20 bits per heavy atom. The third kappa shape index (κ3) is 3.60. The molecule has 2 aromatic rings. The number of fused-ring (bicyclic) bond motifs is 2. The Morgan fingerprint density at radius 3 is 2.80 bits per heavy atom. The van der Waals surface area contributed by atoms with E-state index in [0.29, 0.717) is 12.1 Å². The van der Waals surface area contributed by atoms with Crippen LogP contribution in [0.3, 0.4) is 0 Å². The summed E-state index contributed by atoms with van der Waals surface area (Å²) in [5.41, 5.74) is 3.02. The van der Waals surface area contributed by atoms with E-state index in [9.17, 15) is 14.4 Å². The normalized spacial score (nSPS) is 12.5. The van der Waals surface area contributed by atoms with Crippen LogP contribution in [0.4, 0.5) is 4.79 Å². The summed E-state index contributed by atoms with van der Waals surface area (Å²) >= 11 is 0. The molecule has 7 heteroatoms. The van der Waals surface area contributed by atoms with Gasteiger partial charge in [-0.15, -0.1) is 0 Å². The van der Waals surface area contributed by atoms with Gasteiger partial charge in [0.05, 0.1) is 11.1 Å². The molecule has 1 aromatic heterocycles. The summed E-state index contributed by atoms with van der Waals surface area (Å²) in [5.74, 6) is -1.24. The number of carbonyl (C=O) groups excluding carboxylic acids is 3. The van der Waals surface area contributed by atoms with E-state index in [1.54, 1.807) is 6.92 Å². The third-order valence-electron chi connectivity index (χ3n) is 4.05. The van der Waals surface area contributed by atoms with E-state index in [-0.39, 0.29) is 0 Å². The Hall–Kier alpha value is -2.96. The molecule has 0 unspecified atom stereocenters. The van der Waals surface area contributed by atoms with Crippen LogP contribution in [-0.2, 0) is 22.4 Å². The maximum atomic E-state index is 12.6. The zero-order chi connectivity index (χ0) is 17.8. The van der Waals surface area contributed by atoms with Gasteiger partial charge < -0.3 is 10.1 Å². The molecule has 0 saturated heterocycles. The van der Waals surface area contributed by atoms with Crippen LogP contribution in [0.2, 0.25) is 0 Å². The predicted octanol–water partition coefficient (Wildman–Crippen LogP) is 1.73. The number of nitrogens with zero attached hydrogens (tertiary/aromatic N) is 1. The molecule has 0 fully saturated rings. The van der Waals surface area contributed by atoms with Gasteiger partial charge in [0.1, 0.15) is 0 Å². The number of imide groups is 1. The van der Waals surface area contributed by atoms with Gasteiger partial charge in [-0.1, -0.05) is 18.2 Å². The van der Waals surface area contributed by atoms with E-state index in [2.05, 4.69) is 15.6 Å². The average Bonchev–Trinajstić information content (AvgIpc) is 3.05. The molecule has 1 heterocycles. The molecule has 0 bridgehead atoms. The fourth-order valence-electron chi connectivity index (χ4n) is 3.01. The molecular weight excluding hydrogens is 322 g/mol. The Morgan fingerprint density at radius 2 is 2.00 bits per heavy atom. The summed E-state index contributed by atoms with van der Waals surface area (Å²) < 4.78 is 5.14. The molecule has 2 N–H and O–H groups in total. The number of benzene rings is 1. The number of hydrogen-bond acceptors (Lipinski definition) is 5. The molecule has 7 nitrogen and oxygen atoms in total. The van der Waals surface area contributed by atoms with Gasteiger partial charge in [0.25, 0.3) is 5.91 Å². The van der Waals surface area contributed by atoms with Crippen molar-refractivity contribution in [3.63, 3.8) is 0 Å². The van der Waals surface area contributed by atoms with Gasteiger partial charge in [0.2, 0.25) is 0 Å². The first kappa shape index (κ1) is 16.9. The topological polar surface area (TPSA) is 97.4 Å². The van der Waals surface area contributed by atoms with Crippen molar-refractivity contribution in [3.8, 4) is 0 Å². The monoisotopic (exact) mass is 341 g/mol. The molecule has 25 heavy (non-hydrogen) atoms. The maximum absolute atomic E-state index is 12.6. The number of pyridine rings is 1. The highest BCUT2D eigenvalue weighted by Gasteiger charge is 2.25. The number of amides is 3. The van der Waals surface area contributed by atoms with Crippen molar-refractivity contribution in [1.29, 1.82) is 0 Å². The first-order valence-corrected chi connectivity index (χ1v) is 8.25. The summed E-state index contributed by atoms with van der Waals surface area (Å²) in [6.07, 6.45) is 2.54. The van der Waals surface area contributed by atoms with Crippen molar-refractivity contribution >= 4 is 28.8 Å². The number of ether oxygens (including phenoxy) is 1. The first-order chi connectivity index (χ1) is 12.1. The first-order valence-electron chi connectivity index (χ1n) is 8.25. The molecule has 0 spiro atoms. The van der Waals surface area contributed by atoms with Crippen LogP contribution >= 0.6 is 0 Å². The predicted molar refractivity (Wildman–Crippen MR) is 91.3 cm³/mol. The molecule has 1 aliphatic rings. The second-order valence-electron chi connectivity index (χ2n) is 5.77. The fraction of sp³-hybridized carbons (Fsp3) is 0.333. The number of para-hydroxylation sites is 1. The van der Waals surface area contributed by atoms with Crippen LogP contribution < -0.4 is 10.6 Å². The highest BCUT2D eigenvalue weighted by molar-refractivity contribution is 6.06. The van der Waals surface area contributed by atoms with Gasteiger partial charge >= 0.3 is 12.0 Å². The van der Waals surface area contributed by atoms with E-state index in [1.165, 1.54) is 0 Å².